The molecule has 1 amide bonds. The molecule has 34 heavy (non-hydrogen) atoms. The van der Waals surface area contributed by atoms with Crippen molar-refractivity contribution in [1.29, 1.82) is 0 Å². The van der Waals surface area contributed by atoms with E-state index in [0.29, 0.717) is 18.4 Å². The van der Waals surface area contributed by atoms with Crippen LogP contribution in [0.5, 0.6) is 5.75 Å². The monoisotopic (exact) mass is 478 g/mol. The van der Waals surface area contributed by atoms with Gasteiger partial charge < -0.3 is 19.2 Å². The Labute approximate surface area is 204 Å². The molecule has 0 saturated heterocycles. The van der Waals surface area contributed by atoms with Crippen LogP contribution in [0.2, 0.25) is 0 Å². The fourth-order valence-corrected chi connectivity index (χ4v) is 4.30. The number of aromatic nitrogens is 1. The molecule has 1 aliphatic heterocycles. The Balaban J connectivity index is 0.00000133. The summed E-state index contributed by atoms with van der Waals surface area (Å²) >= 11 is 1.39. The van der Waals surface area contributed by atoms with Crippen LogP contribution in [0.4, 0.5) is 5.69 Å². The maximum absolute atomic E-state index is 12.8. The molecule has 1 aliphatic carbocycles. The van der Waals surface area contributed by atoms with Crippen molar-refractivity contribution in [2.24, 2.45) is 10.9 Å². The molecule has 2 heterocycles. The molecule has 1 unspecified atom stereocenters. The number of carbonyl (C=O) groups excluding carboxylic acids is 1. The number of amides is 1. The van der Waals surface area contributed by atoms with E-state index in [9.17, 15) is 4.79 Å². The first-order valence-electron chi connectivity index (χ1n) is 11.7. The Morgan fingerprint density at radius 2 is 2.12 bits per heavy atom. The number of hydrogen-bond donors (Lipinski definition) is 2. The molecule has 1 saturated carbocycles. The van der Waals surface area contributed by atoms with Crippen LogP contribution in [0.15, 0.2) is 69.2 Å². The van der Waals surface area contributed by atoms with Gasteiger partial charge in [-0.05, 0) is 73.0 Å². The largest absolute Gasteiger partial charge is 0.493 e. The van der Waals surface area contributed by atoms with Gasteiger partial charge in [0, 0.05) is 6.54 Å². The number of nitrogens with one attached hydrogen (secondary N) is 2. The number of nitrogens with zero attached hydrogens (tertiary/aromatic N) is 2. The SMILES string of the molecule is CC.Cc1ccc2c(c1)SNC(C(=O)NCC(c1cccc(OCC3CC3)c1)c1ncco1)=N2. The highest BCUT2D eigenvalue weighted by Gasteiger charge is 2.24. The second-order valence-electron chi connectivity index (χ2n) is 8.10. The summed E-state index contributed by atoms with van der Waals surface area (Å²) < 4.78 is 14.5. The van der Waals surface area contributed by atoms with Crippen LogP contribution in [-0.2, 0) is 4.79 Å². The number of amidine groups is 1. The third-order valence-corrected chi connectivity index (χ3v) is 6.32. The van der Waals surface area contributed by atoms with Crippen molar-refractivity contribution in [3.05, 3.63) is 71.9 Å². The predicted octanol–water partition coefficient (Wildman–Crippen LogP) is 5.39. The summed E-state index contributed by atoms with van der Waals surface area (Å²) in [5.74, 6) is 1.79. The summed E-state index contributed by atoms with van der Waals surface area (Å²) in [4.78, 5) is 22.6. The van der Waals surface area contributed by atoms with Crippen LogP contribution in [-0.4, -0.2) is 29.9 Å². The number of carbonyl (C=O) groups is 1. The molecule has 2 aliphatic rings. The van der Waals surface area contributed by atoms with Gasteiger partial charge in [-0.2, -0.15) is 0 Å². The van der Waals surface area contributed by atoms with E-state index in [0.717, 1.165) is 34.1 Å². The Hall–Kier alpha value is -3.26. The molecule has 7 nitrogen and oxygen atoms in total. The molecule has 0 spiro atoms. The average molecular weight is 479 g/mol. The molecular formula is C26H30N4O3S. The minimum Gasteiger partial charge on any atom is -0.493 e. The third kappa shape index (κ3) is 5.99. The first kappa shape index (κ1) is 23.9. The van der Waals surface area contributed by atoms with E-state index in [-0.39, 0.29) is 17.7 Å². The summed E-state index contributed by atoms with van der Waals surface area (Å²) in [7, 11) is 0. The van der Waals surface area contributed by atoms with E-state index in [2.05, 4.69) is 20.0 Å². The summed E-state index contributed by atoms with van der Waals surface area (Å²) in [6.07, 6.45) is 5.63. The maximum Gasteiger partial charge on any atom is 0.287 e. The van der Waals surface area contributed by atoms with Crippen LogP contribution < -0.4 is 14.8 Å². The van der Waals surface area contributed by atoms with E-state index >= 15 is 0 Å². The number of benzene rings is 2. The third-order valence-electron chi connectivity index (χ3n) is 5.48. The molecule has 3 aromatic rings. The quantitative estimate of drug-likeness (QED) is 0.422. The van der Waals surface area contributed by atoms with Gasteiger partial charge in [0.25, 0.3) is 5.91 Å². The fraction of sp³-hybridized carbons (Fsp3) is 0.346. The standard InChI is InChI=1S/C24H24N4O3S.C2H6/c1-15-5-8-20-21(11-15)32-28-22(27-20)23(29)26-13-19(24-25-9-10-30-24)17-3-2-4-18(12-17)31-14-16-6-7-16;1-2/h2-5,8-12,16,19H,6-7,13-14H2,1H3,(H,26,29)(H,27,28);1-2H3. The van der Waals surface area contributed by atoms with Crippen LogP contribution in [0, 0.1) is 12.8 Å². The Morgan fingerprint density at radius 1 is 1.26 bits per heavy atom. The zero-order chi connectivity index (χ0) is 23.9. The van der Waals surface area contributed by atoms with E-state index < -0.39 is 0 Å². The van der Waals surface area contributed by atoms with Crippen LogP contribution >= 0.6 is 11.9 Å². The topological polar surface area (TPSA) is 88.8 Å². The van der Waals surface area contributed by atoms with Crippen molar-refractivity contribution < 1.29 is 13.9 Å². The summed E-state index contributed by atoms with van der Waals surface area (Å²) in [6.45, 7) is 7.09. The summed E-state index contributed by atoms with van der Waals surface area (Å²) in [5, 5.41) is 2.97. The van der Waals surface area contributed by atoms with Gasteiger partial charge >= 0.3 is 0 Å². The summed E-state index contributed by atoms with van der Waals surface area (Å²) in [5.41, 5.74) is 2.90. The second-order valence-corrected chi connectivity index (χ2v) is 8.94. The molecule has 1 atom stereocenters. The van der Waals surface area contributed by atoms with E-state index in [1.165, 1.54) is 24.8 Å². The smallest absolute Gasteiger partial charge is 0.287 e. The van der Waals surface area contributed by atoms with Gasteiger partial charge in [0.05, 0.1) is 29.3 Å². The lowest BCUT2D eigenvalue weighted by Crippen LogP contribution is -2.40. The normalized spacial score (nSPS) is 15.1. The molecule has 178 valence electrons. The molecule has 2 aromatic carbocycles. The van der Waals surface area contributed by atoms with Crippen molar-refractivity contribution in [3.63, 3.8) is 0 Å². The molecule has 0 bridgehead atoms. The molecule has 2 N–H and O–H groups in total. The van der Waals surface area contributed by atoms with Crippen molar-refractivity contribution in [3.8, 4) is 5.75 Å². The van der Waals surface area contributed by atoms with Gasteiger partial charge in [-0.3, -0.25) is 4.79 Å². The number of ether oxygens (including phenoxy) is 1. The van der Waals surface area contributed by atoms with Gasteiger partial charge in [-0.1, -0.05) is 32.0 Å². The van der Waals surface area contributed by atoms with Gasteiger partial charge in [0.15, 0.2) is 0 Å². The average Bonchev–Trinajstić information content (AvgIpc) is 3.56. The van der Waals surface area contributed by atoms with E-state index in [1.807, 2.05) is 63.2 Å². The lowest BCUT2D eigenvalue weighted by atomic mass is 9.98. The number of hydrogen-bond acceptors (Lipinski definition) is 7. The highest BCUT2D eigenvalue weighted by molar-refractivity contribution is 7.98. The van der Waals surface area contributed by atoms with Crippen molar-refractivity contribution in [2.75, 3.05) is 13.2 Å². The highest BCUT2D eigenvalue weighted by Crippen LogP contribution is 2.33. The van der Waals surface area contributed by atoms with Crippen LogP contribution in [0.25, 0.3) is 0 Å². The van der Waals surface area contributed by atoms with Crippen LogP contribution in [0.3, 0.4) is 0 Å². The van der Waals surface area contributed by atoms with Gasteiger partial charge in [-0.15, -0.1) is 0 Å². The number of aliphatic imine (C=N–C) groups is 1. The first-order chi connectivity index (χ1) is 16.7. The van der Waals surface area contributed by atoms with E-state index in [1.54, 1.807) is 12.5 Å². The minimum atomic E-state index is -0.276. The van der Waals surface area contributed by atoms with Gasteiger partial charge in [0.1, 0.15) is 12.0 Å². The number of aryl methyl sites for hydroxylation is 1. The zero-order valence-electron chi connectivity index (χ0n) is 19.7. The number of fused-ring (bicyclic) bond motifs is 1. The molecule has 5 rings (SSSR count). The first-order valence-corrected chi connectivity index (χ1v) is 12.5. The lowest BCUT2D eigenvalue weighted by Gasteiger charge is -2.19. The number of rotatable bonds is 8. The van der Waals surface area contributed by atoms with Crippen LogP contribution in [0.1, 0.15) is 49.6 Å². The summed E-state index contributed by atoms with van der Waals surface area (Å²) in [6, 6.07) is 13.9. The van der Waals surface area contributed by atoms with Gasteiger partial charge in [-0.25, -0.2) is 9.98 Å². The zero-order valence-corrected chi connectivity index (χ0v) is 20.5. The minimum absolute atomic E-state index is 0.245. The molecule has 1 aromatic heterocycles. The Kier molecular flexibility index (Phi) is 7.90. The lowest BCUT2D eigenvalue weighted by molar-refractivity contribution is -0.115. The molecule has 8 heteroatoms. The molecular weight excluding hydrogens is 448 g/mol. The second kappa shape index (κ2) is 11.2. The maximum atomic E-state index is 12.8. The molecule has 0 radical (unpaired) electrons. The Morgan fingerprint density at radius 3 is 2.88 bits per heavy atom. The predicted molar refractivity (Wildman–Crippen MR) is 135 cm³/mol. The fourth-order valence-electron chi connectivity index (χ4n) is 3.49. The van der Waals surface area contributed by atoms with Crippen molar-refractivity contribution in [1.82, 2.24) is 15.0 Å². The number of oxazole rings is 1. The highest BCUT2D eigenvalue weighted by atomic mass is 32.2. The van der Waals surface area contributed by atoms with E-state index in [4.69, 9.17) is 9.15 Å². The van der Waals surface area contributed by atoms with Crippen molar-refractivity contribution >= 4 is 29.4 Å². The molecule has 1 fully saturated rings. The van der Waals surface area contributed by atoms with Gasteiger partial charge in [0.2, 0.25) is 11.7 Å². The van der Waals surface area contributed by atoms with Crippen molar-refractivity contribution in [2.45, 2.75) is 44.4 Å². The Bertz CT molecular complexity index is 1140.